The fourth-order valence-electron chi connectivity index (χ4n) is 1.61. The molecular weight excluding hydrogens is 208 g/mol. The molecule has 0 bridgehead atoms. The van der Waals surface area contributed by atoms with Gasteiger partial charge in [0.25, 0.3) is 0 Å². The van der Waals surface area contributed by atoms with Gasteiger partial charge in [-0.15, -0.1) is 5.10 Å². The van der Waals surface area contributed by atoms with E-state index in [9.17, 15) is 0 Å². The summed E-state index contributed by atoms with van der Waals surface area (Å²) < 4.78 is 10.9. The van der Waals surface area contributed by atoms with E-state index >= 15 is 0 Å². The van der Waals surface area contributed by atoms with E-state index in [0.29, 0.717) is 18.5 Å². The molecule has 6 heteroatoms. The van der Waals surface area contributed by atoms with E-state index in [4.69, 9.17) is 9.15 Å². The standard InChI is InChI=1S/C10H18N4O2/c1-2-11-8-9-12-13-10(16-9)14-4-3-6-15-7-5-14/h11H,2-8H2,1H3. The highest BCUT2D eigenvalue weighted by atomic mass is 16.5. The van der Waals surface area contributed by atoms with Gasteiger partial charge in [-0.2, -0.15) is 0 Å². The van der Waals surface area contributed by atoms with Crippen LogP contribution >= 0.6 is 0 Å². The Morgan fingerprint density at radius 2 is 2.25 bits per heavy atom. The van der Waals surface area contributed by atoms with Gasteiger partial charge in [0.15, 0.2) is 0 Å². The quantitative estimate of drug-likeness (QED) is 0.802. The molecule has 2 heterocycles. The third kappa shape index (κ3) is 2.93. The molecule has 1 aromatic rings. The molecule has 0 radical (unpaired) electrons. The van der Waals surface area contributed by atoms with Crippen molar-refractivity contribution in [3.8, 4) is 0 Å². The van der Waals surface area contributed by atoms with Crippen molar-refractivity contribution in [3.63, 3.8) is 0 Å². The molecule has 6 nitrogen and oxygen atoms in total. The minimum atomic E-state index is 0.610. The number of hydrogen-bond donors (Lipinski definition) is 1. The molecule has 90 valence electrons. The zero-order valence-corrected chi connectivity index (χ0v) is 9.61. The van der Waals surface area contributed by atoms with Gasteiger partial charge in [0.05, 0.1) is 13.2 Å². The fraction of sp³-hybridized carbons (Fsp3) is 0.800. The van der Waals surface area contributed by atoms with Crippen molar-refractivity contribution in [2.45, 2.75) is 19.9 Å². The third-order valence-corrected chi connectivity index (χ3v) is 2.48. The number of nitrogens with zero attached hydrogens (tertiary/aromatic N) is 3. The van der Waals surface area contributed by atoms with Crippen molar-refractivity contribution in [1.29, 1.82) is 0 Å². The van der Waals surface area contributed by atoms with E-state index in [2.05, 4.69) is 20.4 Å². The Morgan fingerprint density at radius 1 is 1.31 bits per heavy atom. The number of anilines is 1. The molecule has 1 aromatic heterocycles. The molecule has 0 atom stereocenters. The minimum absolute atomic E-state index is 0.610. The van der Waals surface area contributed by atoms with Gasteiger partial charge in [0.2, 0.25) is 5.89 Å². The van der Waals surface area contributed by atoms with E-state index in [1.807, 2.05) is 6.92 Å². The van der Waals surface area contributed by atoms with E-state index in [-0.39, 0.29) is 0 Å². The normalized spacial score (nSPS) is 17.4. The average molecular weight is 226 g/mol. The van der Waals surface area contributed by atoms with E-state index in [1.165, 1.54) is 0 Å². The molecular formula is C10H18N4O2. The molecule has 0 unspecified atom stereocenters. The van der Waals surface area contributed by atoms with Gasteiger partial charge >= 0.3 is 6.01 Å². The molecule has 1 aliphatic heterocycles. The number of rotatable bonds is 4. The van der Waals surface area contributed by atoms with Crippen LogP contribution in [-0.2, 0) is 11.3 Å². The summed E-state index contributed by atoms with van der Waals surface area (Å²) >= 11 is 0. The molecule has 2 rings (SSSR count). The van der Waals surface area contributed by atoms with E-state index in [0.717, 1.165) is 39.3 Å². The van der Waals surface area contributed by atoms with Gasteiger partial charge in [-0.25, -0.2) is 0 Å². The van der Waals surface area contributed by atoms with Crippen LogP contribution in [0.15, 0.2) is 4.42 Å². The summed E-state index contributed by atoms with van der Waals surface area (Å²) in [7, 11) is 0. The van der Waals surface area contributed by atoms with Crippen molar-refractivity contribution in [1.82, 2.24) is 15.5 Å². The Morgan fingerprint density at radius 3 is 3.12 bits per heavy atom. The summed E-state index contributed by atoms with van der Waals surface area (Å²) in [5.74, 6) is 0.641. The van der Waals surface area contributed by atoms with Crippen LogP contribution in [0, 0.1) is 0 Å². The minimum Gasteiger partial charge on any atom is -0.407 e. The molecule has 16 heavy (non-hydrogen) atoms. The fourth-order valence-corrected chi connectivity index (χ4v) is 1.61. The molecule has 0 amide bonds. The maximum atomic E-state index is 5.57. The smallest absolute Gasteiger partial charge is 0.318 e. The molecule has 0 aliphatic carbocycles. The Bertz CT molecular complexity index is 308. The largest absolute Gasteiger partial charge is 0.407 e. The summed E-state index contributed by atoms with van der Waals surface area (Å²) in [5.41, 5.74) is 0. The highest BCUT2D eigenvalue weighted by molar-refractivity contribution is 5.23. The second-order valence-corrected chi connectivity index (χ2v) is 3.71. The summed E-state index contributed by atoms with van der Waals surface area (Å²) in [5, 5.41) is 11.2. The first kappa shape index (κ1) is 11.3. The van der Waals surface area contributed by atoms with Crippen LogP contribution in [0.1, 0.15) is 19.2 Å². The van der Waals surface area contributed by atoms with Gasteiger partial charge in [-0.05, 0) is 13.0 Å². The van der Waals surface area contributed by atoms with Crippen LogP contribution in [0.25, 0.3) is 0 Å². The van der Waals surface area contributed by atoms with Gasteiger partial charge in [-0.3, -0.25) is 0 Å². The number of aromatic nitrogens is 2. The number of ether oxygens (including phenoxy) is 1. The van der Waals surface area contributed by atoms with Crippen molar-refractivity contribution in [2.75, 3.05) is 37.7 Å². The first-order chi connectivity index (χ1) is 7.90. The molecule has 1 N–H and O–H groups in total. The van der Waals surface area contributed by atoms with Crippen LogP contribution in [0.4, 0.5) is 6.01 Å². The maximum absolute atomic E-state index is 5.57. The molecule has 0 spiro atoms. The van der Waals surface area contributed by atoms with Crippen molar-refractivity contribution in [2.24, 2.45) is 0 Å². The van der Waals surface area contributed by atoms with E-state index in [1.54, 1.807) is 0 Å². The monoisotopic (exact) mass is 226 g/mol. The lowest BCUT2D eigenvalue weighted by Crippen LogP contribution is -2.26. The molecule has 1 fully saturated rings. The maximum Gasteiger partial charge on any atom is 0.318 e. The van der Waals surface area contributed by atoms with Gasteiger partial charge in [0, 0.05) is 19.7 Å². The Labute approximate surface area is 95.0 Å². The van der Waals surface area contributed by atoms with Crippen LogP contribution in [0.5, 0.6) is 0 Å². The highest BCUT2D eigenvalue weighted by Gasteiger charge is 2.15. The molecule has 1 saturated heterocycles. The Kier molecular flexibility index (Phi) is 4.12. The predicted octanol–water partition coefficient (Wildman–Crippen LogP) is 0.406. The number of hydrogen-bond acceptors (Lipinski definition) is 6. The summed E-state index contributed by atoms with van der Waals surface area (Å²) in [6, 6.07) is 0.610. The second kappa shape index (κ2) is 5.81. The lowest BCUT2D eigenvalue weighted by molar-refractivity contribution is 0.152. The van der Waals surface area contributed by atoms with Crippen LogP contribution in [0.2, 0.25) is 0 Å². The van der Waals surface area contributed by atoms with E-state index < -0.39 is 0 Å². The third-order valence-electron chi connectivity index (χ3n) is 2.48. The van der Waals surface area contributed by atoms with Crippen LogP contribution in [-0.4, -0.2) is 43.0 Å². The lowest BCUT2D eigenvalue weighted by Gasteiger charge is -2.15. The zero-order valence-electron chi connectivity index (χ0n) is 9.61. The highest BCUT2D eigenvalue weighted by Crippen LogP contribution is 2.13. The number of nitrogens with one attached hydrogen (secondary N) is 1. The molecule has 0 saturated carbocycles. The summed E-state index contributed by atoms with van der Waals surface area (Å²) in [6.45, 7) is 6.86. The average Bonchev–Trinajstić information content (AvgIpc) is 2.60. The van der Waals surface area contributed by atoms with Crippen molar-refractivity contribution >= 4 is 6.01 Å². The lowest BCUT2D eigenvalue weighted by atomic mass is 10.4. The topological polar surface area (TPSA) is 63.4 Å². The van der Waals surface area contributed by atoms with Crippen LogP contribution in [0.3, 0.4) is 0 Å². The SMILES string of the molecule is CCNCc1nnc(N2CCCOCC2)o1. The predicted molar refractivity (Wildman–Crippen MR) is 59.3 cm³/mol. The van der Waals surface area contributed by atoms with Crippen LogP contribution < -0.4 is 10.2 Å². The molecule has 1 aliphatic rings. The van der Waals surface area contributed by atoms with Crippen molar-refractivity contribution in [3.05, 3.63) is 5.89 Å². The van der Waals surface area contributed by atoms with Gasteiger partial charge in [0.1, 0.15) is 0 Å². The van der Waals surface area contributed by atoms with Gasteiger partial charge in [-0.1, -0.05) is 12.0 Å². The first-order valence-corrected chi connectivity index (χ1v) is 5.76. The first-order valence-electron chi connectivity index (χ1n) is 5.76. The molecule has 0 aromatic carbocycles. The zero-order chi connectivity index (χ0) is 11.2. The Hall–Kier alpha value is -1.14. The Balaban J connectivity index is 1.94. The second-order valence-electron chi connectivity index (χ2n) is 3.71. The van der Waals surface area contributed by atoms with Crippen molar-refractivity contribution < 1.29 is 9.15 Å². The van der Waals surface area contributed by atoms with Gasteiger partial charge < -0.3 is 19.4 Å². The summed E-state index contributed by atoms with van der Waals surface area (Å²) in [4.78, 5) is 2.08. The summed E-state index contributed by atoms with van der Waals surface area (Å²) in [6.07, 6.45) is 1.00.